The van der Waals surface area contributed by atoms with Gasteiger partial charge in [0.25, 0.3) is 0 Å². The van der Waals surface area contributed by atoms with Crippen LogP contribution in [0.5, 0.6) is 0 Å². The van der Waals surface area contributed by atoms with Gasteiger partial charge in [-0.15, -0.1) is 10.2 Å². The number of benzene rings is 1. The lowest BCUT2D eigenvalue weighted by molar-refractivity contribution is -0.127. The standard InChI is InChI=1S/C19H24BrN5OS/c1-23(12-14-4-6-15(20)7-5-14)17(26)13-27-19-22-21-18(24-10-2-3-11-24)25(19)16-8-9-16/h4-7,16H,2-3,8-13H2,1H3. The molecule has 2 aromatic rings. The zero-order valence-corrected chi connectivity index (χ0v) is 17.9. The van der Waals surface area contributed by atoms with Gasteiger partial charge in [-0.05, 0) is 43.4 Å². The van der Waals surface area contributed by atoms with Crippen molar-refractivity contribution in [2.24, 2.45) is 0 Å². The van der Waals surface area contributed by atoms with Gasteiger partial charge in [0, 0.05) is 37.2 Å². The molecule has 1 aromatic heterocycles. The van der Waals surface area contributed by atoms with Crippen LogP contribution < -0.4 is 4.90 Å². The number of rotatable bonds is 7. The van der Waals surface area contributed by atoms with E-state index >= 15 is 0 Å². The molecule has 1 saturated heterocycles. The molecule has 1 amide bonds. The minimum Gasteiger partial charge on any atom is -0.341 e. The first kappa shape index (κ1) is 18.8. The van der Waals surface area contributed by atoms with Gasteiger partial charge in [0.05, 0.1) is 5.75 Å². The Labute approximate surface area is 172 Å². The highest BCUT2D eigenvalue weighted by molar-refractivity contribution is 9.10. The second-order valence-electron chi connectivity index (χ2n) is 7.24. The lowest BCUT2D eigenvalue weighted by atomic mass is 10.2. The first-order chi connectivity index (χ1) is 13.1. The van der Waals surface area contributed by atoms with E-state index in [9.17, 15) is 4.79 Å². The molecule has 2 heterocycles. The number of hydrogen-bond acceptors (Lipinski definition) is 5. The average molecular weight is 450 g/mol. The van der Waals surface area contributed by atoms with Crippen LogP contribution in [0.3, 0.4) is 0 Å². The van der Waals surface area contributed by atoms with E-state index in [0.29, 0.717) is 18.3 Å². The van der Waals surface area contributed by atoms with Gasteiger partial charge >= 0.3 is 0 Å². The van der Waals surface area contributed by atoms with Crippen LogP contribution in [0, 0.1) is 0 Å². The maximum atomic E-state index is 12.6. The van der Waals surface area contributed by atoms with Crippen LogP contribution in [0.15, 0.2) is 33.9 Å². The number of carbonyl (C=O) groups excluding carboxylic acids is 1. The van der Waals surface area contributed by atoms with Crippen molar-refractivity contribution in [3.8, 4) is 0 Å². The molecule has 144 valence electrons. The Hall–Kier alpha value is -1.54. The minimum atomic E-state index is 0.107. The second kappa shape index (κ2) is 8.22. The maximum absolute atomic E-state index is 12.6. The fourth-order valence-corrected chi connectivity index (χ4v) is 4.55. The Kier molecular flexibility index (Phi) is 5.73. The SMILES string of the molecule is CN(Cc1ccc(Br)cc1)C(=O)CSc1nnc(N2CCCC2)n1C1CC1. The predicted octanol–water partition coefficient (Wildman–Crippen LogP) is 3.73. The molecule has 0 atom stereocenters. The van der Waals surface area contributed by atoms with E-state index in [1.165, 1.54) is 37.4 Å². The van der Waals surface area contributed by atoms with Crippen molar-refractivity contribution >= 4 is 39.5 Å². The monoisotopic (exact) mass is 449 g/mol. The maximum Gasteiger partial charge on any atom is 0.233 e. The number of thioether (sulfide) groups is 1. The van der Waals surface area contributed by atoms with Crippen LogP contribution in [0.4, 0.5) is 5.95 Å². The Morgan fingerprint density at radius 1 is 1.22 bits per heavy atom. The third-order valence-corrected chi connectivity index (χ3v) is 6.49. The van der Waals surface area contributed by atoms with Gasteiger partial charge in [0.15, 0.2) is 5.16 Å². The van der Waals surface area contributed by atoms with E-state index in [1.807, 2.05) is 31.3 Å². The normalized spacial score (nSPS) is 16.7. The molecule has 2 aliphatic rings. The number of aromatic nitrogens is 3. The molecule has 1 aliphatic heterocycles. The third kappa shape index (κ3) is 4.48. The summed E-state index contributed by atoms with van der Waals surface area (Å²) in [6, 6.07) is 8.58. The van der Waals surface area contributed by atoms with Crippen molar-refractivity contribution in [3.63, 3.8) is 0 Å². The molecule has 1 aliphatic carbocycles. The van der Waals surface area contributed by atoms with Gasteiger partial charge in [-0.1, -0.05) is 39.8 Å². The number of anilines is 1. The summed E-state index contributed by atoms with van der Waals surface area (Å²) in [6.07, 6.45) is 4.81. The summed E-state index contributed by atoms with van der Waals surface area (Å²) in [7, 11) is 1.85. The molecule has 0 spiro atoms. The molecular formula is C19H24BrN5OS. The molecule has 0 radical (unpaired) electrons. The van der Waals surface area contributed by atoms with E-state index in [4.69, 9.17) is 0 Å². The van der Waals surface area contributed by atoms with Crippen molar-refractivity contribution in [2.75, 3.05) is 30.8 Å². The first-order valence-electron chi connectivity index (χ1n) is 9.43. The highest BCUT2D eigenvalue weighted by Gasteiger charge is 2.32. The lowest BCUT2D eigenvalue weighted by Gasteiger charge is -2.19. The van der Waals surface area contributed by atoms with Gasteiger partial charge < -0.3 is 9.80 Å². The highest BCUT2D eigenvalue weighted by Crippen LogP contribution is 2.41. The van der Waals surface area contributed by atoms with E-state index in [1.54, 1.807) is 4.90 Å². The largest absolute Gasteiger partial charge is 0.341 e. The molecule has 2 fully saturated rings. The summed E-state index contributed by atoms with van der Waals surface area (Å²) in [5, 5.41) is 9.73. The smallest absolute Gasteiger partial charge is 0.233 e. The van der Waals surface area contributed by atoms with E-state index in [2.05, 4.69) is 35.6 Å². The summed E-state index contributed by atoms with van der Waals surface area (Å²) in [6.45, 7) is 2.73. The number of amides is 1. The zero-order valence-electron chi connectivity index (χ0n) is 15.5. The minimum absolute atomic E-state index is 0.107. The number of halogens is 1. The summed E-state index contributed by atoms with van der Waals surface area (Å²) in [5.74, 6) is 1.49. The van der Waals surface area contributed by atoms with Crippen LogP contribution >= 0.6 is 27.7 Å². The molecule has 1 aromatic carbocycles. The van der Waals surface area contributed by atoms with Crippen molar-refractivity contribution < 1.29 is 4.79 Å². The fourth-order valence-electron chi connectivity index (χ4n) is 3.34. The zero-order chi connectivity index (χ0) is 18.8. The van der Waals surface area contributed by atoms with E-state index < -0.39 is 0 Å². The van der Waals surface area contributed by atoms with E-state index in [-0.39, 0.29) is 5.91 Å². The van der Waals surface area contributed by atoms with Gasteiger partial charge in [-0.2, -0.15) is 0 Å². The molecular weight excluding hydrogens is 426 g/mol. The Bertz CT molecular complexity index is 799. The third-order valence-electron chi connectivity index (χ3n) is 5.03. The Morgan fingerprint density at radius 2 is 1.93 bits per heavy atom. The number of hydrogen-bond donors (Lipinski definition) is 0. The average Bonchev–Trinajstić information content (AvgIpc) is 3.19. The Balaban J connectivity index is 1.38. The van der Waals surface area contributed by atoms with Crippen LogP contribution in [0.1, 0.15) is 37.3 Å². The van der Waals surface area contributed by atoms with Crippen molar-refractivity contribution in [1.82, 2.24) is 19.7 Å². The molecule has 1 saturated carbocycles. The molecule has 4 rings (SSSR count). The quantitative estimate of drug-likeness (QED) is 0.602. The van der Waals surface area contributed by atoms with Gasteiger partial charge in [0.2, 0.25) is 11.9 Å². The van der Waals surface area contributed by atoms with Gasteiger partial charge in [-0.3, -0.25) is 9.36 Å². The summed E-state index contributed by atoms with van der Waals surface area (Å²) in [5.41, 5.74) is 1.12. The molecule has 0 N–H and O–H groups in total. The van der Waals surface area contributed by atoms with Gasteiger partial charge in [-0.25, -0.2) is 0 Å². The first-order valence-corrected chi connectivity index (χ1v) is 11.2. The van der Waals surface area contributed by atoms with Crippen molar-refractivity contribution in [1.29, 1.82) is 0 Å². The summed E-state index contributed by atoms with van der Waals surface area (Å²) >= 11 is 4.95. The molecule has 27 heavy (non-hydrogen) atoms. The molecule has 0 unspecified atom stereocenters. The number of nitrogens with zero attached hydrogens (tertiary/aromatic N) is 5. The molecule has 8 heteroatoms. The van der Waals surface area contributed by atoms with Crippen molar-refractivity contribution in [2.45, 2.75) is 43.4 Å². The summed E-state index contributed by atoms with van der Waals surface area (Å²) in [4.78, 5) is 16.7. The topological polar surface area (TPSA) is 54.3 Å². The van der Waals surface area contributed by atoms with Crippen LogP contribution in [0.25, 0.3) is 0 Å². The lowest BCUT2D eigenvalue weighted by Crippen LogP contribution is -2.28. The van der Waals surface area contributed by atoms with Crippen LogP contribution in [-0.4, -0.2) is 51.5 Å². The second-order valence-corrected chi connectivity index (χ2v) is 9.10. The van der Waals surface area contributed by atoms with Crippen LogP contribution in [-0.2, 0) is 11.3 Å². The van der Waals surface area contributed by atoms with Gasteiger partial charge in [0.1, 0.15) is 0 Å². The highest BCUT2D eigenvalue weighted by atomic mass is 79.9. The van der Waals surface area contributed by atoms with E-state index in [0.717, 1.165) is 34.2 Å². The molecule has 0 bridgehead atoms. The number of carbonyl (C=O) groups is 1. The summed E-state index contributed by atoms with van der Waals surface area (Å²) < 4.78 is 3.31. The fraction of sp³-hybridized carbons (Fsp3) is 0.526. The Morgan fingerprint density at radius 3 is 2.59 bits per heavy atom. The van der Waals surface area contributed by atoms with Crippen LogP contribution in [0.2, 0.25) is 0 Å². The van der Waals surface area contributed by atoms with Crippen molar-refractivity contribution in [3.05, 3.63) is 34.3 Å². The molecule has 6 nitrogen and oxygen atoms in total. The predicted molar refractivity (Wildman–Crippen MR) is 111 cm³/mol.